The zero-order chi connectivity index (χ0) is 32.7. The number of fused-ring (bicyclic) bond motifs is 1. The van der Waals surface area contributed by atoms with Crippen molar-refractivity contribution in [3.8, 4) is 0 Å². The Labute approximate surface area is 263 Å². The number of rotatable bonds is 11. The van der Waals surface area contributed by atoms with Gasteiger partial charge in [0.2, 0.25) is 5.91 Å². The first kappa shape index (κ1) is 33.4. The maximum atomic E-state index is 13.5. The Morgan fingerprint density at radius 3 is 2.20 bits per heavy atom. The van der Waals surface area contributed by atoms with Crippen molar-refractivity contribution in [1.82, 2.24) is 20.0 Å². The quantitative estimate of drug-likeness (QED) is 0.314. The number of amides is 2. The first-order chi connectivity index (χ1) is 21.5. The lowest BCUT2D eigenvalue weighted by molar-refractivity contribution is -0.186. The molecule has 1 fully saturated rings. The molecule has 11 heteroatoms. The Bertz CT molecular complexity index is 1540. The van der Waals surface area contributed by atoms with Crippen LogP contribution in [0.4, 0.5) is 0 Å². The predicted octanol–water partition coefficient (Wildman–Crippen LogP) is 4.33. The van der Waals surface area contributed by atoms with Crippen LogP contribution >= 0.6 is 0 Å². The van der Waals surface area contributed by atoms with E-state index in [0.29, 0.717) is 38.2 Å². The van der Waals surface area contributed by atoms with Crippen molar-refractivity contribution < 1.29 is 33.4 Å². The van der Waals surface area contributed by atoms with Crippen molar-refractivity contribution in [1.29, 1.82) is 0 Å². The van der Waals surface area contributed by atoms with E-state index in [-0.39, 0.29) is 11.8 Å². The van der Waals surface area contributed by atoms with Crippen molar-refractivity contribution in [2.45, 2.75) is 58.8 Å². The lowest BCUT2D eigenvalue weighted by Crippen LogP contribution is -2.55. The maximum absolute atomic E-state index is 13.5. The number of esters is 2. The summed E-state index contributed by atoms with van der Waals surface area (Å²) in [5.74, 6) is -2.33. The number of hydrogen-bond acceptors (Lipinski definition) is 8. The third-order valence-corrected chi connectivity index (χ3v) is 8.60. The predicted molar refractivity (Wildman–Crippen MR) is 170 cm³/mol. The average molecular weight is 619 g/mol. The third kappa shape index (κ3) is 7.78. The summed E-state index contributed by atoms with van der Waals surface area (Å²) >= 11 is 0. The molecular formula is C34H42N4O7. The molecule has 0 aliphatic carbocycles. The van der Waals surface area contributed by atoms with Gasteiger partial charge >= 0.3 is 11.9 Å². The van der Waals surface area contributed by atoms with E-state index in [4.69, 9.17) is 14.2 Å². The molecule has 3 aromatic rings. The summed E-state index contributed by atoms with van der Waals surface area (Å²) in [6.45, 7) is 9.71. The van der Waals surface area contributed by atoms with Gasteiger partial charge in [-0.05, 0) is 64.0 Å². The second-order valence-electron chi connectivity index (χ2n) is 11.5. The highest BCUT2D eigenvalue weighted by Gasteiger charge is 2.42. The summed E-state index contributed by atoms with van der Waals surface area (Å²) in [5.41, 5.74) is 2.22. The molecule has 11 nitrogen and oxygen atoms in total. The van der Waals surface area contributed by atoms with Crippen LogP contribution in [0.15, 0.2) is 48.5 Å². The number of methoxy groups -OCH3 is 1. The topological polar surface area (TPSA) is 131 Å². The van der Waals surface area contributed by atoms with Gasteiger partial charge in [0.15, 0.2) is 12.2 Å². The van der Waals surface area contributed by atoms with E-state index in [1.807, 2.05) is 55.5 Å². The number of hydrogen-bond donors (Lipinski definition) is 1. The van der Waals surface area contributed by atoms with Gasteiger partial charge in [-0.3, -0.25) is 14.7 Å². The molecule has 240 valence electrons. The molecule has 45 heavy (non-hydrogen) atoms. The van der Waals surface area contributed by atoms with Gasteiger partial charge in [0, 0.05) is 44.2 Å². The van der Waals surface area contributed by atoms with Crippen LogP contribution in [-0.2, 0) is 28.6 Å². The molecule has 1 saturated heterocycles. The van der Waals surface area contributed by atoms with Gasteiger partial charge in [-0.2, -0.15) is 5.10 Å². The average Bonchev–Trinajstić information content (AvgIpc) is 3.49. The number of aromatic nitrogens is 2. The van der Waals surface area contributed by atoms with Gasteiger partial charge in [0.25, 0.3) is 5.91 Å². The van der Waals surface area contributed by atoms with E-state index in [1.165, 1.54) is 21.0 Å². The van der Waals surface area contributed by atoms with Crippen LogP contribution in [0.2, 0.25) is 0 Å². The summed E-state index contributed by atoms with van der Waals surface area (Å²) in [6, 6.07) is 15.3. The molecule has 0 radical (unpaired) electrons. The van der Waals surface area contributed by atoms with Gasteiger partial charge in [0.1, 0.15) is 5.60 Å². The minimum atomic E-state index is -1.15. The molecule has 1 aliphatic rings. The third-order valence-electron chi connectivity index (χ3n) is 8.60. The number of carbonyl (C=O) groups is 4. The fraction of sp³-hybridized carbons (Fsp3) is 0.441. The van der Waals surface area contributed by atoms with Crippen molar-refractivity contribution in [3.05, 3.63) is 65.4 Å². The zero-order valence-corrected chi connectivity index (χ0v) is 26.7. The first-order valence-corrected chi connectivity index (χ1v) is 15.2. The molecule has 2 aromatic carbocycles. The van der Waals surface area contributed by atoms with E-state index in [1.54, 1.807) is 35.8 Å². The number of H-pyrrole nitrogens is 1. The molecular weight excluding hydrogens is 576 g/mol. The van der Waals surface area contributed by atoms with Gasteiger partial charge < -0.3 is 24.0 Å². The van der Waals surface area contributed by atoms with Crippen molar-refractivity contribution in [2.75, 3.05) is 33.3 Å². The van der Waals surface area contributed by atoms with E-state index in [2.05, 4.69) is 10.2 Å². The lowest BCUT2D eigenvalue weighted by Gasteiger charge is -2.40. The monoisotopic (exact) mass is 618 g/mol. The fourth-order valence-electron chi connectivity index (χ4n) is 5.07. The highest BCUT2D eigenvalue weighted by Crippen LogP contribution is 2.29. The van der Waals surface area contributed by atoms with Crippen molar-refractivity contribution >= 4 is 46.8 Å². The highest BCUT2D eigenvalue weighted by molar-refractivity contribution is 5.95. The smallest absolute Gasteiger partial charge is 0.347 e. The normalized spacial score (nSPS) is 17.0. The summed E-state index contributed by atoms with van der Waals surface area (Å²) < 4.78 is 15.8. The molecule has 2 amide bonds. The molecule has 1 aliphatic heterocycles. The second-order valence-corrected chi connectivity index (χ2v) is 11.5. The minimum Gasteiger partial charge on any atom is -0.456 e. The SMILES string of the molecule is CCC(C)(OC(=O)C(C)OC(=O)C(C)OC)C(C)C(=O)N1CCN(C(=O)c2ccc(/C=C/c3n[nH]c4ccccc34)cc2)CC1. The lowest BCUT2D eigenvalue weighted by atomic mass is 9.86. The molecule has 4 atom stereocenters. The van der Waals surface area contributed by atoms with Crippen LogP contribution in [0.1, 0.15) is 62.7 Å². The maximum Gasteiger partial charge on any atom is 0.347 e. The largest absolute Gasteiger partial charge is 0.456 e. The molecule has 2 heterocycles. The fourth-order valence-corrected chi connectivity index (χ4v) is 5.07. The second kappa shape index (κ2) is 14.5. The number of nitrogens with zero attached hydrogens (tertiary/aromatic N) is 3. The zero-order valence-electron chi connectivity index (χ0n) is 26.7. The van der Waals surface area contributed by atoms with Gasteiger partial charge in [-0.1, -0.05) is 43.3 Å². The Balaban J connectivity index is 1.30. The van der Waals surface area contributed by atoms with Gasteiger partial charge in [0.05, 0.1) is 17.1 Å². The van der Waals surface area contributed by atoms with Crippen LogP contribution in [0.5, 0.6) is 0 Å². The Morgan fingerprint density at radius 2 is 1.56 bits per heavy atom. The van der Waals surface area contributed by atoms with Crippen molar-refractivity contribution in [3.63, 3.8) is 0 Å². The number of ether oxygens (including phenoxy) is 3. The summed E-state index contributed by atoms with van der Waals surface area (Å²) in [6.07, 6.45) is 2.30. The highest BCUT2D eigenvalue weighted by atomic mass is 16.6. The number of benzene rings is 2. The number of para-hydroxylation sites is 1. The standard InChI is InChI=1S/C34H42N4O7/c1-7-34(5,45-33(42)24(4)44-32(41)23(3)43-6)22(2)30(39)37-18-20-38(21-19-37)31(40)26-15-12-25(13-16-26)14-17-29-27-10-8-9-11-28(27)35-36-29/h8-17,22-24H,7,18-21H2,1-6H3,(H,35,36)/b17-14+. The van der Waals surface area contributed by atoms with Crippen LogP contribution in [0.3, 0.4) is 0 Å². The number of aromatic amines is 1. The Morgan fingerprint density at radius 1 is 0.911 bits per heavy atom. The minimum absolute atomic E-state index is 0.0948. The van der Waals surface area contributed by atoms with E-state index in [9.17, 15) is 19.2 Å². The van der Waals surface area contributed by atoms with Crippen LogP contribution in [-0.4, -0.2) is 94.8 Å². The molecule has 4 rings (SSSR count). The number of nitrogens with one attached hydrogen (secondary N) is 1. The van der Waals surface area contributed by atoms with Crippen LogP contribution in [0, 0.1) is 5.92 Å². The first-order valence-electron chi connectivity index (χ1n) is 15.2. The number of piperazine rings is 1. The van der Waals surface area contributed by atoms with Gasteiger partial charge in [-0.15, -0.1) is 0 Å². The van der Waals surface area contributed by atoms with Crippen LogP contribution in [0.25, 0.3) is 23.1 Å². The molecule has 4 unspecified atom stereocenters. The molecule has 1 N–H and O–H groups in total. The molecule has 0 bridgehead atoms. The van der Waals surface area contributed by atoms with E-state index < -0.39 is 35.7 Å². The number of carbonyl (C=O) groups excluding carboxylic acids is 4. The molecule has 1 aromatic heterocycles. The van der Waals surface area contributed by atoms with Crippen molar-refractivity contribution in [2.24, 2.45) is 5.92 Å². The van der Waals surface area contributed by atoms with E-state index in [0.717, 1.165) is 22.2 Å². The van der Waals surface area contributed by atoms with Crippen LogP contribution < -0.4 is 0 Å². The van der Waals surface area contributed by atoms with Gasteiger partial charge in [-0.25, -0.2) is 9.59 Å². The molecule has 0 saturated carbocycles. The van der Waals surface area contributed by atoms with E-state index >= 15 is 0 Å². The Kier molecular flexibility index (Phi) is 10.8. The Hall–Kier alpha value is -4.51. The summed E-state index contributed by atoms with van der Waals surface area (Å²) in [7, 11) is 1.37. The molecule has 0 spiro atoms. The summed E-state index contributed by atoms with van der Waals surface area (Å²) in [4.78, 5) is 54.9. The summed E-state index contributed by atoms with van der Waals surface area (Å²) in [5, 5.41) is 8.42.